The van der Waals surface area contributed by atoms with Gasteiger partial charge in [-0.3, -0.25) is 14.6 Å². The Morgan fingerprint density at radius 1 is 1.21 bits per heavy atom. The molecule has 98 valence electrons. The first kappa shape index (κ1) is 11.8. The maximum absolute atomic E-state index is 12.2. The average Bonchev–Trinajstić information content (AvgIpc) is 2.84. The molecule has 3 rings (SSSR count). The van der Waals surface area contributed by atoms with Crippen LogP contribution in [-0.2, 0) is 9.59 Å². The minimum Gasteiger partial charge on any atom is -0.478 e. The molecule has 1 aliphatic carbocycles. The largest absolute Gasteiger partial charge is 0.478 e. The molecule has 2 aliphatic rings. The second kappa shape index (κ2) is 4.15. The van der Waals surface area contributed by atoms with E-state index in [-0.39, 0.29) is 34.9 Å². The van der Waals surface area contributed by atoms with Crippen molar-refractivity contribution in [3.05, 3.63) is 24.0 Å². The van der Waals surface area contributed by atoms with Crippen molar-refractivity contribution in [2.45, 2.75) is 19.3 Å². The molecule has 19 heavy (non-hydrogen) atoms. The molecule has 0 aromatic carbocycles. The van der Waals surface area contributed by atoms with E-state index in [1.165, 1.54) is 18.5 Å². The van der Waals surface area contributed by atoms with Gasteiger partial charge in [0.15, 0.2) is 0 Å². The Kier molecular flexibility index (Phi) is 2.58. The number of aromatic nitrogens is 1. The number of nitrogens with zero attached hydrogens (tertiary/aromatic N) is 2. The molecular formula is C13H12N2O4. The van der Waals surface area contributed by atoms with Gasteiger partial charge in [-0.25, -0.2) is 9.69 Å². The number of fused-ring (bicyclic) bond motifs is 2. The summed E-state index contributed by atoms with van der Waals surface area (Å²) in [6.07, 6.45) is 4.64. The first-order valence-corrected chi connectivity index (χ1v) is 6.14. The fourth-order valence-electron chi connectivity index (χ4n) is 2.83. The van der Waals surface area contributed by atoms with E-state index < -0.39 is 5.97 Å². The lowest BCUT2D eigenvalue weighted by atomic mass is 9.96. The van der Waals surface area contributed by atoms with Gasteiger partial charge in [-0.05, 0) is 25.3 Å². The van der Waals surface area contributed by atoms with Gasteiger partial charge in [-0.15, -0.1) is 0 Å². The van der Waals surface area contributed by atoms with E-state index in [2.05, 4.69) is 4.98 Å². The van der Waals surface area contributed by atoms with Crippen LogP contribution in [0, 0.1) is 11.8 Å². The van der Waals surface area contributed by atoms with Crippen molar-refractivity contribution in [2.24, 2.45) is 11.8 Å². The van der Waals surface area contributed by atoms with E-state index in [0.717, 1.165) is 17.7 Å². The summed E-state index contributed by atoms with van der Waals surface area (Å²) in [6, 6.07) is 1.32. The fraction of sp³-hybridized carbons (Fsp3) is 0.385. The van der Waals surface area contributed by atoms with Gasteiger partial charge in [0.1, 0.15) is 0 Å². The highest BCUT2D eigenvalue weighted by Gasteiger charge is 2.45. The minimum atomic E-state index is -1.13. The van der Waals surface area contributed by atoms with E-state index in [9.17, 15) is 14.4 Å². The number of amides is 2. The van der Waals surface area contributed by atoms with Crippen LogP contribution in [0.1, 0.15) is 29.6 Å². The van der Waals surface area contributed by atoms with Crippen molar-refractivity contribution in [1.82, 2.24) is 4.98 Å². The summed E-state index contributed by atoms with van der Waals surface area (Å²) in [6.45, 7) is 0. The number of hydrogen-bond acceptors (Lipinski definition) is 4. The van der Waals surface area contributed by atoms with Crippen molar-refractivity contribution < 1.29 is 19.5 Å². The summed E-state index contributed by atoms with van der Waals surface area (Å²) in [7, 11) is 0. The molecule has 0 radical (unpaired) electrons. The van der Waals surface area contributed by atoms with Crippen LogP contribution in [0.3, 0.4) is 0 Å². The van der Waals surface area contributed by atoms with E-state index >= 15 is 0 Å². The van der Waals surface area contributed by atoms with Crippen molar-refractivity contribution >= 4 is 23.5 Å². The predicted molar refractivity (Wildman–Crippen MR) is 64.5 cm³/mol. The number of aromatic carboxylic acids is 1. The number of imide groups is 1. The molecule has 2 heterocycles. The number of carboxylic acids is 1. The molecule has 0 spiro atoms. The molecule has 1 aromatic rings. The molecule has 1 saturated heterocycles. The standard InChI is InChI=1S/C13H12N2O4/c16-11-7-1-2-8(3-7)12(17)15(11)10-4-9(13(18)19)5-14-6-10/h4-8H,1-3H2,(H,18,19). The molecule has 6 nitrogen and oxygen atoms in total. The van der Waals surface area contributed by atoms with Crippen LogP contribution in [0.5, 0.6) is 0 Å². The molecule has 2 atom stereocenters. The lowest BCUT2D eigenvalue weighted by Gasteiger charge is -2.29. The Labute approximate surface area is 109 Å². The van der Waals surface area contributed by atoms with Crippen LogP contribution in [-0.4, -0.2) is 27.9 Å². The van der Waals surface area contributed by atoms with Crippen LogP contribution < -0.4 is 4.90 Å². The highest BCUT2D eigenvalue weighted by atomic mass is 16.4. The van der Waals surface area contributed by atoms with Crippen LogP contribution in [0.4, 0.5) is 5.69 Å². The lowest BCUT2D eigenvalue weighted by Crippen LogP contribution is -2.46. The zero-order chi connectivity index (χ0) is 13.6. The normalized spacial score (nSPS) is 25.8. The van der Waals surface area contributed by atoms with Crippen LogP contribution in [0.2, 0.25) is 0 Å². The molecule has 1 aromatic heterocycles. The summed E-state index contributed by atoms with van der Waals surface area (Å²) in [4.78, 5) is 40.2. The van der Waals surface area contributed by atoms with Gasteiger partial charge in [-0.2, -0.15) is 0 Å². The van der Waals surface area contributed by atoms with Gasteiger partial charge < -0.3 is 5.11 Å². The predicted octanol–water partition coefficient (Wildman–Crippen LogP) is 1.07. The van der Waals surface area contributed by atoms with Gasteiger partial charge in [0.05, 0.1) is 17.4 Å². The fourth-order valence-corrected chi connectivity index (χ4v) is 2.83. The first-order valence-electron chi connectivity index (χ1n) is 6.14. The summed E-state index contributed by atoms with van der Waals surface area (Å²) >= 11 is 0. The van der Waals surface area contributed by atoms with Gasteiger partial charge in [-0.1, -0.05) is 0 Å². The van der Waals surface area contributed by atoms with Gasteiger partial charge >= 0.3 is 5.97 Å². The third-order valence-corrected chi connectivity index (χ3v) is 3.80. The first-order chi connectivity index (χ1) is 9.08. The summed E-state index contributed by atoms with van der Waals surface area (Å²) < 4.78 is 0. The highest BCUT2D eigenvalue weighted by molar-refractivity contribution is 6.18. The van der Waals surface area contributed by atoms with E-state index in [4.69, 9.17) is 5.11 Å². The van der Waals surface area contributed by atoms with E-state index in [1.807, 2.05) is 0 Å². The smallest absolute Gasteiger partial charge is 0.337 e. The van der Waals surface area contributed by atoms with Crippen molar-refractivity contribution in [3.8, 4) is 0 Å². The van der Waals surface area contributed by atoms with Crippen molar-refractivity contribution in [1.29, 1.82) is 0 Å². The third kappa shape index (κ3) is 1.80. The molecule has 1 N–H and O–H groups in total. The Bertz CT molecular complexity index is 562. The maximum atomic E-state index is 12.2. The van der Waals surface area contributed by atoms with E-state index in [1.54, 1.807) is 0 Å². The van der Waals surface area contributed by atoms with Crippen molar-refractivity contribution in [2.75, 3.05) is 4.90 Å². The summed E-state index contributed by atoms with van der Waals surface area (Å²) in [5, 5.41) is 8.93. The molecular weight excluding hydrogens is 248 g/mol. The Balaban J connectivity index is 2.01. The average molecular weight is 260 g/mol. The zero-order valence-corrected chi connectivity index (χ0v) is 10.1. The number of carboxylic acid groups (broad SMARTS) is 1. The molecule has 1 saturated carbocycles. The maximum Gasteiger partial charge on any atom is 0.337 e. The second-order valence-electron chi connectivity index (χ2n) is 4.96. The molecule has 2 amide bonds. The molecule has 6 heteroatoms. The van der Waals surface area contributed by atoms with Gasteiger partial charge in [0, 0.05) is 18.0 Å². The number of hydrogen-bond donors (Lipinski definition) is 1. The number of pyridine rings is 1. The SMILES string of the molecule is O=C(O)c1cncc(N2C(=O)C3CCC(C3)C2=O)c1. The molecule has 2 fully saturated rings. The Morgan fingerprint density at radius 2 is 1.84 bits per heavy atom. The highest BCUT2D eigenvalue weighted by Crippen LogP contribution is 2.39. The third-order valence-electron chi connectivity index (χ3n) is 3.80. The van der Waals surface area contributed by atoms with Crippen LogP contribution in [0.25, 0.3) is 0 Å². The quantitative estimate of drug-likeness (QED) is 0.803. The minimum absolute atomic E-state index is 0.0315. The number of carbonyl (C=O) groups excluding carboxylic acids is 2. The summed E-state index contributed by atoms with van der Waals surface area (Å²) in [5.74, 6) is -1.83. The van der Waals surface area contributed by atoms with Crippen LogP contribution in [0.15, 0.2) is 18.5 Å². The molecule has 1 aliphatic heterocycles. The zero-order valence-electron chi connectivity index (χ0n) is 10.1. The van der Waals surface area contributed by atoms with E-state index in [0.29, 0.717) is 6.42 Å². The van der Waals surface area contributed by atoms with Gasteiger partial charge in [0.25, 0.3) is 0 Å². The number of piperidine rings is 1. The number of rotatable bonds is 2. The lowest BCUT2D eigenvalue weighted by molar-refractivity contribution is -0.133. The molecule has 2 unspecified atom stereocenters. The van der Waals surface area contributed by atoms with Gasteiger partial charge in [0.2, 0.25) is 11.8 Å². The van der Waals surface area contributed by atoms with Crippen molar-refractivity contribution in [3.63, 3.8) is 0 Å². The second-order valence-corrected chi connectivity index (χ2v) is 4.96. The number of carbonyl (C=O) groups is 3. The molecule has 2 bridgehead atoms. The Morgan fingerprint density at radius 3 is 2.42 bits per heavy atom. The monoisotopic (exact) mass is 260 g/mol. The topological polar surface area (TPSA) is 87.6 Å². The Hall–Kier alpha value is -2.24. The van der Waals surface area contributed by atoms with Crippen LogP contribution >= 0.6 is 0 Å². The number of anilines is 1. The summed E-state index contributed by atoms with van der Waals surface area (Å²) in [5.41, 5.74) is 0.225.